The Morgan fingerprint density at radius 1 is 0.404 bits per heavy atom. The van der Waals surface area contributed by atoms with Crippen molar-refractivity contribution < 1.29 is 31.9 Å². The maximum Gasteiger partial charge on any atom is 2.00 e. The molecular formula is C36H26N8O2Ti. The minimum Gasteiger partial charge on any atom is -0.391 e. The van der Waals surface area contributed by atoms with Crippen molar-refractivity contribution in [2.24, 2.45) is 0 Å². The quantitative estimate of drug-likeness (QED) is 0.207. The number of aliphatic hydroxyl groups is 2. The molecule has 0 unspecified atom stereocenters. The predicted molar refractivity (Wildman–Crippen MR) is 177 cm³/mol. The standard InChI is InChI=1S/C32H16N8.C4H10O2.Ti/c1-2-10-18-17(9-1)25-33-26(18)38-28-21-13-5-6-14-22(21)30(35-28)40-32-24-16-8-7-15-23(24)31(36-32)39-29-20-12-4-3-11-19(20)27(34-29)37-25;1-3(5)4(2)6;/h1-16H;3-6H,1-2H3;/q-2;;+2/t;3-,4-;/m.0./s1. The minimum atomic E-state index is -0.593. The fourth-order valence-electron chi connectivity index (χ4n) is 5.46. The van der Waals surface area contributed by atoms with E-state index in [9.17, 15) is 0 Å². The van der Waals surface area contributed by atoms with E-state index < -0.39 is 12.2 Å². The molecule has 11 heteroatoms. The number of aromatic nitrogens is 8. The van der Waals surface area contributed by atoms with Crippen molar-refractivity contribution in [1.82, 2.24) is 39.9 Å². The molecule has 2 atom stereocenters. The van der Waals surface area contributed by atoms with E-state index in [1.807, 2.05) is 97.1 Å². The van der Waals surface area contributed by atoms with Crippen molar-refractivity contribution in [3.63, 3.8) is 0 Å². The van der Waals surface area contributed by atoms with Gasteiger partial charge in [0.25, 0.3) is 0 Å². The van der Waals surface area contributed by atoms with Crippen LogP contribution in [-0.4, -0.2) is 52.3 Å². The van der Waals surface area contributed by atoms with Crippen LogP contribution in [0.1, 0.15) is 13.8 Å². The Balaban J connectivity index is 0.000000462. The predicted octanol–water partition coefficient (Wildman–Crippen LogP) is 5.87. The van der Waals surface area contributed by atoms with Gasteiger partial charge in [0.15, 0.2) is 0 Å². The van der Waals surface area contributed by atoms with Crippen molar-refractivity contribution in [2.75, 3.05) is 0 Å². The number of hydrogen-bond donors (Lipinski definition) is 2. The average Bonchev–Trinajstić information content (AvgIpc) is 3.81. The summed E-state index contributed by atoms with van der Waals surface area (Å²) >= 11 is 0. The Labute approximate surface area is 283 Å². The average molecular weight is 651 g/mol. The Morgan fingerprint density at radius 3 is 0.872 bits per heavy atom. The zero-order valence-corrected chi connectivity index (χ0v) is 26.9. The Kier molecular flexibility index (Phi) is 7.95. The SMILES string of the molecule is C[C@H](O)[C@H](C)O.[Ti+2].c1ccc2c(c1)-c1nc-2nc2[n-]c(nc3nc(nc4[n-]c(n1)c1ccccc41)-c1ccccc1-3)c1ccccc21. The molecule has 0 saturated carbocycles. The van der Waals surface area contributed by atoms with E-state index in [4.69, 9.17) is 50.1 Å². The number of benzene rings is 4. The van der Waals surface area contributed by atoms with Crippen LogP contribution in [0.15, 0.2) is 97.1 Å². The summed E-state index contributed by atoms with van der Waals surface area (Å²) in [6.45, 7) is 3.09. The molecule has 4 aromatic carbocycles. The molecule has 2 aliphatic heterocycles. The molecule has 0 aliphatic carbocycles. The molecule has 7 aromatic rings. The van der Waals surface area contributed by atoms with Gasteiger partial charge in [-0.25, -0.2) is 9.97 Å². The van der Waals surface area contributed by atoms with Gasteiger partial charge in [0, 0.05) is 44.8 Å². The Bertz CT molecular complexity index is 2140. The van der Waals surface area contributed by atoms with E-state index >= 15 is 0 Å². The number of nitrogens with zero attached hydrogens (tertiary/aromatic N) is 8. The second-order valence-corrected chi connectivity index (χ2v) is 11.1. The molecular weight excluding hydrogens is 624 g/mol. The first kappa shape index (κ1) is 30.5. The minimum absolute atomic E-state index is 0. The van der Waals surface area contributed by atoms with Gasteiger partial charge in [0.05, 0.1) is 35.5 Å². The molecule has 10 nitrogen and oxygen atoms in total. The summed E-state index contributed by atoms with van der Waals surface area (Å²) in [6, 6.07) is 31.8. The topological polar surface area (TPSA) is 146 Å². The Hall–Kier alpha value is -5.13. The summed E-state index contributed by atoms with van der Waals surface area (Å²) in [5.41, 5.74) is 5.78. The first-order valence-corrected chi connectivity index (χ1v) is 14.9. The van der Waals surface area contributed by atoms with Crippen LogP contribution in [0.5, 0.6) is 0 Å². The normalized spacial score (nSPS) is 12.8. The van der Waals surface area contributed by atoms with Crippen molar-refractivity contribution >= 4 is 44.1 Å². The number of rotatable bonds is 1. The van der Waals surface area contributed by atoms with Gasteiger partial charge in [0.2, 0.25) is 0 Å². The molecule has 47 heavy (non-hydrogen) atoms. The summed E-state index contributed by atoms with van der Waals surface area (Å²) in [4.78, 5) is 39.3. The summed E-state index contributed by atoms with van der Waals surface area (Å²) < 4.78 is 0. The van der Waals surface area contributed by atoms with E-state index in [1.54, 1.807) is 13.8 Å². The molecule has 5 heterocycles. The van der Waals surface area contributed by atoms with Crippen molar-refractivity contribution in [3.8, 4) is 45.6 Å². The maximum atomic E-state index is 8.38. The third-order valence-electron chi connectivity index (χ3n) is 8.03. The van der Waals surface area contributed by atoms with Gasteiger partial charge in [-0.3, -0.25) is 0 Å². The number of aliphatic hydroxyl groups excluding tert-OH is 2. The van der Waals surface area contributed by atoms with Crippen LogP contribution in [0.3, 0.4) is 0 Å². The third-order valence-corrected chi connectivity index (χ3v) is 8.03. The van der Waals surface area contributed by atoms with Crippen molar-refractivity contribution in [1.29, 1.82) is 0 Å². The van der Waals surface area contributed by atoms with Gasteiger partial charge < -0.3 is 40.1 Å². The fraction of sp³-hybridized carbons (Fsp3) is 0.111. The van der Waals surface area contributed by atoms with Gasteiger partial charge in [-0.2, -0.15) is 0 Å². The zero-order valence-electron chi connectivity index (χ0n) is 25.4. The van der Waals surface area contributed by atoms with Gasteiger partial charge in [-0.1, -0.05) is 97.1 Å². The van der Waals surface area contributed by atoms with Crippen LogP contribution in [0, 0.1) is 0 Å². The largest absolute Gasteiger partial charge is 2.00 e. The van der Waals surface area contributed by atoms with E-state index in [-0.39, 0.29) is 21.7 Å². The molecule has 0 spiro atoms. The van der Waals surface area contributed by atoms with Crippen LogP contribution in [-0.2, 0) is 21.7 Å². The van der Waals surface area contributed by atoms with Gasteiger partial charge in [-0.15, -0.1) is 0 Å². The molecule has 0 amide bonds. The number of hydrogen-bond acceptors (Lipinski definition) is 8. The summed E-state index contributed by atoms with van der Waals surface area (Å²) in [6.07, 6.45) is -1.19. The third kappa shape index (κ3) is 5.41. The smallest absolute Gasteiger partial charge is 0.391 e. The molecule has 0 fully saturated rings. The first-order valence-electron chi connectivity index (χ1n) is 14.9. The second-order valence-electron chi connectivity index (χ2n) is 11.1. The summed E-state index contributed by atoms with van der Waals surface area (Å²) in [5, 5.41) is 20.3. The molecule has 2 N–H and O–H groups in total. The molecule has 9 rings (SSSR count). The van der Waals surface area contributed by atoms with Gasteiger partial charge in [0.1, 0.15) is 0 Å². The molecule has 2 aliphatic rings. The number of fused-ring (bicyclic) bond motifs is 20. The molecule has 8 bridgehead atoms. The monoisotopic (exact) mass is 650 g/mol. The van der Waals surface area contributed by atoms with E-state index in [0.717, 1.165) is 43.8 Å². The van der Waals surface area contributed by atoms with Crippen LogP contribution < -0.4 is 9.97 Å². The van der Waals surface area contributed by atoms with Crippen LogP contribution in [0.4, 0.5) is 0 Å². The zero-order chi connectivity index (χ0) is 31.4. The Morgan fingerprint density at radius 2 is 0.638 bits per heavy atom. The van der Waals surface area contributed by atoms with Crippen LogP contribution >= 0.6 is 0 Å². The fourth-order valence-corrected chi connectivity index (χ4v) is 5.46. The summed E-state index contributed by atoms with van der Waals surface area (Å²) in [5.74, 6) is 2.21. The van der Waals surface area contributed by atoms with Crippen LogP contribution in [0.25, 0.3) is 89.7 Å². The van der Waals surface area contributed by atoms with E-state index in [0.29, 0.717) is 45.9 Å². The molecule has 3 aromatic heterocycles. The second kappa shape index (κ2) is 12.2. The van der Waals surface area contributed by atoms with Crippen molar-refractivity contribution in [2.45, 2.75) is 26.1 Å². The van der Waals surface area contributed by atoms with E-state index in [2.05, 4.69) is 0 Å². The molecule has 226 valence electrons. The van der Waals surface area contributed by atoms with Crippen LogP contribution in [0.2, 0.25) is 0 Å². The van der Waals surface area contributed by atoms with Gasteiger partial charge >= 0.3 is 21.7 Å². The van der Waals surface area contributed by atoms with Crippen molar-refractivity contribution in [3.05, 3.63) is 97.1 Å². The molecule has 0 saturated heterocycles. The van der Waals surface area contributed by atoms with Gasteiger partial charge in [-0.05, 0) is 35.4 Å². The first-order chi connectivity index (χ1) is 22.4. The molecule has 0 radical (unpaired) electrons. The summed E-state index contributed by atoms with van der Waals surface area (Å²) in [7, 11) is 0. The van der Waals surface area contributed by atoms with E-state index in [1.165, 1.54) is 0 Å². The maximum absolute atomic E-state index is 8.38.